The Balaban J connectivity index is -0.000000701. The van der Waals surface area contributed by atoms with E-state index in [1.54, 1.807) is 0 Å². The number of primary amides is 1. The molecule has 2 amide bonds. The molecule has 4 radical (unpaired) electrons. The fourth-order valence-electron chi connectivity index (χ4n) is 3.51. The zero-order valence-electron chi connectivity index (χ0n) is 22.9. The number of hydrogen-bond donors (Lipinski definition) is 3. The van der Waals surface area contributed by atoms with Crippen LogP contribution < -0.4 is 11.1 Å². The summed E-state index contributed by atoms with van der Waals surface area (Å²) >= 11 is 0. The zero-order chi connectivity index (χ0) is 22.7. The molecule has 0 saturated heterocycles. The van der Waals surface area contributed by atoms with Crippen LogP contribution in [0.5, 0.6) is 0 Å². The van der Waals surface area contributed by atoms with Crippen LogP contribution in [-0.2, 0) is 19.7 Å². The minimum Gasteiger partial charge on any atom is -0.370 e. The van der Waals surface area contributed by atoms with E-state index >= 15 is 0 Å². The van der Waals surface area contributed by atoms with E-state index in [2.05, 4.69) is 12.2 Å². The van der Waals surface area contributed by atoms with Crippen LogP contribution in [0.2, 0.25) is 0 Å². The van der Waals surface area contributed by atoms with Crippen molar-refractivity contribution in [2.24, 2.45) is 5.73 Å². The van der Waals surface area contributed by atoms with Crippen molar-refractivity contribution in [1.29, 1.82) is 0 Å². The number of carbonyl (C=O) groups is 2. The summed E-state index contributed by atoms with van der Waals surface area (Å²) in [7, 11) is -4.65. The maximum absolute atomic E-state index is 11.8. The van der Waals surface area contributed by atoms with Crippen LogP contribution in [-0.4, -0.2) is 155 Å². The summed E-state index contributed by atoms with van der Waals surface area (Å²) in [4.78, 5) is 22.7. The molecule has 7 nitrogen and oxygen atoms in total. The van der Waals surface area contributed by atoms with Crippen LogP contribution in [0.3, 0.4) is 0 Å². The van der Waals surface area contributed by atoms with E-state index in [0.717, 1.165) is 19.3 Å². The first kappa shape index (κ1) is 46.7. The van der Waals surface area contributed by atoms with Crippen LogP contribution >= 0.6 is 0 Å². The summed E-state index contributed by atoms with van der Waals surface area (Å²) in [6.45, 7) is 2.57. The zero-order valence-corrected chi connectivity index (χ0v) is 31.7. The predicted octanol–water partition coefficient (Wildman–Crippen LogP) is 2.97. The molecule has 0 aromatic rings. The van der Waals surface area contributed by atoms with E-state index in [1.807, 2.05) is 0 Å². The smallest absolute Gasteiger partial charge is 0.277 e. The van der Waals surface area contributed by atoms with Crippen LogP contribution in [0.15, 0.2) is 0 Å². The standard InChI is InChI=1S/C22H44N2O5S.4Na/c1-2-3-4-5-6-7-8-9-10-11-12-13-14-15-16-17-18-24-22(26)20(19-21(23)25)30(27,28)29;;;;/h20H,2-19H2,1H3,(H2,23,25)(H,24,26)(H,27,28,29);;;;. The fraction of sp³-hybridized carbons (Fsp3) is 0.909. The molecule has 12 heteroatoms. The van der Waals surface area contributed by atoms with Gasteiger partial charge in [-0.2, -0.15) is 8.42 Å². The number of nitrogens with two attached hydrogens (primary N) is 1. The van der Waals surface area contributed by atoms with E-state index in [4.69, 9.17) is 10.3 Å². The third-order valence-corrected chi connectivity index (χ3v) is 6.47. The van der Waals surface area contributed by atoms with Gasteiger partial charge in [-0.3, -0.25) is 14.1 Å². The van der Waals surface area contributed by atoms with Gasteiger partial charge in [0, 0.05) is 125 Å². The Morgan fingerprint density at radius 1 is 0.706 bits per heavy atom. The van der Waals surface area contributed by atoms with Crippen LogP contribution in [0.1, 0.15) is 116 Å². The van der Waals surface area contributed by atoms with Gasteiger partial charge in [0.05, 0.1) is 6.42 Å². The molecule has 0 fully saturated rings. The Hall–Kier alpha value is 2.85. The Labute approximate surface area is 297 Å². The maximum Gasteiger partial charge on any atom is 0.277 e. The number of unbranched alkanes of at least 4 members (excludes halogenated alkanes) is 15. The van der Waals surface area contributed by atoms with Gasteiger partial charge in [-0.05, 0) is 6.42 Å². The molecule has 1 atom stereocenters. The summed E-state index contributed by atoms with van der Waals surface area (Å²) in [5, 5.41) is 0.635. The van der Waals surface area contributed by atoms with E-state index < -0.39 is 33.6 Å². The van der Waals surface area contributed by atoms with E-state index in [1.165, 1.54) is 83.5 Å². The van der Waals surface area contributed by atoms with Crippen LogP contribution in [0.4, 0.5) is 0 Å². The Kier molecular flexibility index (Phi) is 44.0. The van der Waals surface area contributed by atoms with E-state index in [9.17, 15) is 18.0 Å². The summed E-state index contributed by atoms with van der Waals surface area (Å²) in [5.74, 6) is -1.83. The molecule has 0 aliphatic rings. The van der Waals surface area contributed by atoms with Crippen molar-refractivity contribution in [2.75, 3.05) is 6.54 Å². The van der Waals surface area contributed by atoms with E-state index in [-0.39, 0.29) is 118 Å². The molecule has 0 aromatic heterocycles. The second kappa shape index (κ2) is 32.1. The van der Waals surface area contributed by atoms with Crippen LogP contribution in [0.25, 0.3) is 0 Å². The van der Waals surface area contributed by atoms with Gasteiger partial charge in [0.1, 0.15) is 0 Å². The molecule has 0 aliphatic heterocycles. The molecule has 182 valence electrons. The molecule has 34 heavy (non-hydrogen) atoms. The molecule has 0 aliphatic carbocycles. The first-order valence-corrected chi connectivity index (χ1v) is 13.3. The van der Waals surface area contributed by atoms with Gasteiger partial charge in [-0.1, -0.05) is 103 Å². The number of rotatable bonds is 21. The summed E-state index contributed by atoms with van der Waals surface area (Å²) in [6, 6.07) is 0. The minimum atomic E-state index is -4.65. The van der Waals surface area contributed by atoms with Crippen molar-refractivity contribution < 1.29 is 22.6 Å². The van der Waals surface area contributed by atoms with Gasteiger partial charge in [0.2, 0.25) is 11.8 Å². The number of carbonyl (C=O) groups excluding carboxylic acids is 2. The molecular weight excluding hydrogens is 496 g/mol. The molecule has 0 aromatic carbocycles. The minimum absolute atomic E-state index is 0. The summed E-state index contributed by atoms with van der Waals surface area (Å²) in [6.07, 6.45) is 19.3. The van der Waals surface area contributed by atoms with E-state index in [0.29, 0.717) is 6.54 Å². The first-order valence-electron chi connectivity index (χ1n) is 11.8. The van der Waals surface area contributed by atoms with Gasteiger partial charge in [0.15, 0.2) is 5.25 Å². The van der Waals surface area contributed by atoms with Gasteiger partial charge in [-0.15, -0.1) is 0 Å². The van der Waals surface area contributed by atoms with Crippen molar-refractivity contribution >= 4 is 140 Å². The summed E-state index contributed by atoms with van der Waals surface area (Å²) < 4.78 is 31.4. The quantitative estimate of drug-likeness (QED) is 0.117. The SMILES string of the molecule is CCCCCCCCCCCCCCCCCCNC(=O)C(CC(N)=O)S(=O)(=O)O.[Na].[Na].[Na].[Na]. The maximum atomic E-state index is 11.8. The number of amides is 2. The van der Waals surface area contributed by atoms with Crippen molar-refractivity contribution in [3.63, 3.8) is 0 Å². The second-order valence-corrected chi connectivity index (χ2v) is 9.87. The predicted molar refractivity (Wildman–Crippen MR) is 145 cm³/mol. The number of hydrogen-bond acceptors (Lipinski definition) is 4. The third kappa shape index (κ3) is 31.1. The average Bonchev–Trinajstić information content (AvgIpc) is 2.67. The van der Waals surface area contributed by atoms with Crippen LogP contribution in [0, 0.1) is 0 Å². The molecule has 1 unspecified atom stereocenters. The topological polar surface area (TPSA) is 127 Å². The van der Waals surface area contributed by atoms with Gasteiger partial charge < -0.3 is 11.1 Å². The van der Waals surface area contributed by atoms with Crippen molar-refractivity contribution in [3.8, 4) is 0 Å². The first-order chi connectivity index (χ1) is 14.3. The average molecular weight is 541 g/mol. The molecule has 0 saturated carbocycles. The van der Waals surface area contributed by atoms with Crippen molar-refractivity contribution in [3.05, 3.63) is 0 Å². The fourth-order valence-corrected chi connectivity index (χ4v) is 4.24. The Morgan fingerprint density at radius 3 is 1.32 bits per heavy atom. The molecular formula is C22H44N2Na4O5S. The Bertz CT molecular complexity index is 569. The van der Waals surface area contributed by atoms with Gasteiger partial charge in [0.25, 0.3) is 10.1 Å². The van der Waals surface area contributed by atoms with Crippen molar-refractivity contribution in [2.45, 2.75) is 121 Å². The largest absolute Gasteiger partial charge is 0.370 e. The molecule has 0 rings (SSSR count). The molecule has 0 heterocycles. The summed E-state index contributed by atoms with van der Waals surface area (Å²) in [5.41, 5.74) is 4.93. The normalized spacial score (nSPS) is 11.1. The van der Waals surface area contributed by atoms with Gasteiger partial charge >= 0.3 is 0 Å². The van der Waals surface area contributed by atoms with Gasteiger partial charge in [-0.25, -0.2) is 0 Å². The third-order valence-electron chi connectivity index (χ3n) is 5.37. The van der Waals surface area contributed by atoms with Crippen molar-refractivity contribution in [1.82, 2.24) is 5.32 Å². The monoisotopic (exact) mass is 540 g/mol. The molecule has 4 N–H and O–H groups in total. The number of nitrogens with one attached hydrogen (secondary N) is 1. The molecule has 0 bridgehead atoms. The second-order valence-electron chi connectivity index (χ2n) is 8.27. The Morgan fingerprint density at radius 2 is 1.03 bits per heavy atom. The molecule has 0 spiro atoms.